The Hall–Kier alpha value is -1.31. The molecule has 0 bridgehead atoms. The Bertz CT molecular complexity index is 727. The molecule has 0 aliphatic rings. The summed E-state index contributed by atoms with van der Waals surface area (Å²) in [4.78, 5) is 17.2. The maximum atomic E-state index is 13.0. The zero-order valence-corrected chi connectivity index (χ0v) is 18.9. The molecule has 0 N–H and O–H groups in total. The third-order valence-corrected chi connectivity index (χ3v) is 6.05. The van der Waals surface area contributed by atoms with Crippen molar-refractivity contribution in [3.05, 3.63) is 45.8 Å². The van der Waals surface area contributed by atoms with Crippen LogP contribution in [0.3, 0.4) is 0 Å². The third kappa shape index (κ3) is 6.36. The fraction of sp³-hybridized carbons (Fsp3) is 0.500. The summed E-state index contributed by atoms with van der Waals surface area (Å²) in [5, 5.41) is 3.98. The monoisotopic (exact) mass is 453 g/mol. The number of aryl methyl sites for hydroxylation is 2. The molecule has 0 atom stereocenters. The van der Waals surface area contributed by atoms with E-state index in [-0.39, 0.29) is 5.91 Å². The van der Waals surface area contributed by atoms with E-state index >= 15 is 0 Å². The molecule has 0 aliphatic heterocycles. The van der Waals surface area contributed by atoms with Gasteiger partial charge in [-0.1, -0.05) is 41.0 Å². The number of hydrogen-bond donors (Lipinski definition) is 0. The number of thioether (sulfide) groups is 1. The van der Waals surface area contributed by atoms with Gasteiger partial charge in [-0.15, -0.1) is 11.8 Å². The molecule has 0 radical (unpaired) electrons. The number of amides is 1. The summed E-state index contributed by atoms with van der Waals surface area (Å²) in [7, 11) is 0. The molecule has 1 heterocycles. The highest BCUT2D eigenvalue weighted by Crippen LogP contribution is 2.23. The minimum atomic E-state index is 0.122. The molecule has 7 heteroatoms. The Morgan fingerprint density at radius 2 is 1.96 bits per heavy atom. The third-order valence-electron chi connectivity index (χ3n) is 4.61. The van der Waals surface area contributed by atoms with Gasteiger partial charge in [-0.05, 0) is 45.1 Å². The lowest BCUT2D eigenvalue weighted by atomic mass is 10.2. The number of carbonyl (C=O) groups excluding carboxylic acids is 1. The quantitative estimate of drug-likeness (QED) is 0.523. The zero-order chi connectivity index (χ0) is 19.8. The molecule has 2 rings (SSSR count). The van der Waals surface area contributed by atoms with E-state index in [1.165, 1.54) is 0 Å². The van der Waals surface area contributed by atoms with Gasteiger partial charge in [-0.3, -0.25) is 4.79 Å². The van der Waals surface area contributed by atoms with E-state index in [2.05, 4.69) is 39.8 Å². The maximum absolute atomic E-state index is 13.0. The largest absolute Gasteiger partial charge is 0.361 e. The minimum absolute atomic E-state index is 0.122. The van der Waals surface area contributed by atoms with Gasteiger partial charge in [-0.25, -0.2) is 0 Å². The van der Waals surface area contributed by atoms with E-state index < -0.39 is 0 Å². The van der Waals surface area contributed by atoms with Gasteiger partial charge in [0, 0.05) is 34.6 Å². The van der Waals surface area contributed by atoms with Gasteiger partial charge >= 0.3 is 0 Å². The van der Waals surface area contributed by atoms with Crippen molar-refractivity contribution in [1.82, 2.24) is 10.1 Å². The first-order chi connectivity index (χ1) is 13.0. The van der Waals surface area contributed by atoms with Crippen molar-refractivity contribution in [2.75, 3.05) is 36.8 Å². The van der Waals surface area contributed by atoms with Crippen LogP contribution < -0.4 is 4.90 Å². The normalized spacial score (nSPS) is 11.2. The number of carbonyl (C=O) groups is 1. The lowest BCUT2D eigenvalue weighted by Crippen LogP contribution is -2.39. The fourth-order valence-electron chi connectivity index (χ4n) is 2.85. The molecule has 148 valence electrons. The number of aromatic nitrogens is 1. The van der Waals surface area contributed by atoms with Gasteiger partial charge in [0.05, 0.1) is 11.4 Å². The predicted molar refractivity (Wildman–Crippen MR) is 116 cm³/mol. The first kappa shape index (κ1) is 22.0. The Morgan fingerprint density at radius 1 is 1.22 bits per heavy atom. The van der Waals surface area contributed by atoms with Crippen LogP contribution in [0.5, 0.6) is 0 Å². The summed E-state index contributed by atoms with van der Waals surface area (Å²) >= 11 is 5.11. The van der Waals surface area contributed by atoms with E-state index in [9.17, 15) is 4.79 Å². The van der Waals surface area contributed by atoms with E-state index in [4.69, 9.17) is 4.52 Å². The first-order valence-corrected chi connectivity index (χ1v) is 11.2. The van der Waals surface area contributed by atoms with E-state index in [0.717, 1.165) is 52.6 Å². The molecule has 0 saturated heterocycles. The standard InChI is InChI=1S/C20H28BrN3O2S/c1-5-23(6-2)10-11-24(18-9-7-8-17(21)12-18)20(25)14-27-13-19-15(3)22-26-16(19)4/h7-9,12H,5-6,10-11,13-14H2,1-4H3. The molecule has 0 spiro atoms. The highest BCUT2D eigenvalue weighted by molar-refractivity contribution is 9.10. The number of nitrogens with zero attached hydrogens (tertiary/aromatic N) is 3. The van der Waals surface area contributed by atoms with Crippen molar-refractivity contribution < 1.29 is 9.32 Å². The molecule has 1 aromatic heterocycles. The molecule has 0 aliphatic carbocycles. The van der Waals surface area contributed by atoms with Crippen LogP contribution in [0, 0.1) is 13.8 Å². The Kier molecular flexibility index (Phi) is 8.86. The molecule has 0 fully saturated rings. The van der Waals surface area contributed by atoms with Gasteiger partial charge < -0.3 is 14.3 Å². The smallest absolute Gasteiger partial charge is 0.237 e. The van der Waals surface area contributed by atoms with Crippen LogP contribution in [0.2, 0.25) is 0 Å². The minimum Gasteiger partial charge on any atom is -0.361 e. The van der Waals surface area contributed by atoms with Crippen molar-refractivity contribution in [2.45, 2.75) is 33.4 Å². The molecule has 27 heavy (non-hydrogen) atoms. The summed E-state index contributed by atoms with van der Waals surface area (Å²) in [6.45, 7) is 11.7. The summed E-state index contributed by atoms with van der Waals surface area (Å²) in [6.07, 6.45) is 0. The van der Waals surface area contributed by atoms with E-state index in [1.54, 1.807) is 11.8 Å². The van der Waals surface area contributed by atoms with E-state index in [0.29, 0.717) is 12.3 Å². The van der Waals surface area contributed by atoms with Crippen molar-refractivity contribution in [3.8, 4) is 0 Å². The van der Waals surface area contributed by atoms with Crippen LogP contribution in [-0.2, 0) is 10.5 Å². The Balaban J connectivity index is 2.03. The van der Waals surface area contributed by atoms with Crippen molar-refractivity contribution in [3.63, 3.8) is 0 Å². The lowest BCUT2D eigenvalue weighted by Gasteiger charge is -2.27. The molecule has 0 saturated carbocycles. The second-order valence-electron chi connectivity index (χ2n) is 6.35. The van der Waals surface area contributed by atoms with Crippen LogP contribution in [0.25, 0.3) is 0 Å². The highest BCUT2D eigenvalue weighted by atomic mass is 79.9. The van der Waals surface area contributed by atoms with Crippen LogP contribution >= 0.6 is 27.7 Å². The van der Waals surface area contributed by atoms with Crippen molar-refractivity contribution in [1.29, 1.82) is 0 Å². The highest BCUT2D eigenvalue weighted by Gasteiger charge is 2.18. The second-order valence-corrected chi connectivity index (χ2v) is 8.25. The van der Waals surface area contributed by atoms with Gasteiger partial charge in [0.1, 0.15) is 5.76 Å². The van der Waals surface area contributed by atoms with Gasteiger partial charge in [0.25, 0.3) is 0 Å². The number of halogens is 1. The molecular formula is C20H28BrN3O2S. The SMILES string of the molecule is CCN(CC)CCN(C(=O)CSCc1c(C)noc1C)c1cccc(Br)c1. The van der Waals surface area contributed by atoms with Crippen LogP contribution in [0.15, 0.2) is 33.3 Å². The molecule has 5 nitrogen and oxygen atoms in total. The Morgan fingerprint density at radius 3 is 2.56 bits per heavy atom. The lowest BCUT2D eigenvalue weighted by molar-refractivity contribution is -0.116. The first-order valence-electron chi connectivity index (χ1n) is 9.24. The fourth-order valence-corrected chi connectivity index (χ4v) is 4.29. The number of rotatable bonds is 10. The summed E-state index contributed by atoms with van der Waals surface area (Å²) in [6, 6.07) is 7.93. The molecule has 0 unspecified atom stereocenters. The topological polar surface area (TPSA) is 49.6 Å². The van der Waals surface area contributed by atoms with Crippen molar-refractivity contribution in [2.24, 2.45) is 0 Å². The van der Waals surface area contributed by atoms with Crippen LogP contribution in [-0.4, -0.2) is 47.9 Å². The average Bonchev–Trinajstić information content (AvgIpc) is 2.97. The summed E-state index contributed by atoms with van der Waals surface area (Å²) < 4.78 is 6.18. The molecular weight excluding hydrogens is 426 g/mol. The average molecular weight is 454 g/mol. The number of likely N-dealkylation sites (N-methyl/N-ethyl adjacent to an activating group) is 1. The molecule has 2 aromatic rings. The van der Waals surface area contributed by atoms with Gasteiger partial charge in [-0.2, -0.15) is 0 Å². The van der Waals surface area contributed by atoms with Gasteiger partial charge in [0.2, 0.25) is 5.91 Å². The number of anilines is 1. The second kappa shape index (κ2) is 10.9. The predicted octanol–water partition coefficient (Wildman–Crippen LogP) is 4.66. The van der Waals surface area contributed by atoms with E-state index in [1.807, 2.05) is 43.0 Å². The van der Waals surface area contributed by atoms with Crippen LogP contribution in [0.1, 0.15) is 30.9 Å². The van der Waals surface area contributed by atoms with Crippen molar-refractivity contribution >= 4 is 39.3 Å². The van der Waals surface area contributed by atoms with Gasteiger partial charge in [0.15, 0.2) is 0 Å². The number of hydrogen-bond acceptors (Lipinski definition) is 5. The summed E-state index contributed by atoms with van der Waals surface area (Å²) in [5.41, 5.74) is 2.92. The Labute approximate surface area is 174 Å². The van der Waals surface area contributed by atoms with Crippen LogP contribution in [0.4, 0.5) is 5.69 Å². The number of benzene rings is 1. The summed E-state index contributed by atoms with van der Waals surface area (Å²) in [5.74, 6) is 2.11. The molecule has 1 amide bonds. The molecule has 1 aromatic carbocycles. The zero-order valence-electron chi connectivity index (χ0n) is 16.5. The maximum Gasteiger partial charge on any atom is 0.237 e.